The Hall–Kier alpha value is -1.57. The minimum atomic E-state index is -4.32. The lowest BCUT2D eigenvalue weighted by Crippen LogP contribution is -2.16. The number of halogens is 4. The van der Waals surface area contributed by atoms with Crippen molar-refractivity contribution in [2.24, 2.45) is 0 Å². The van der Waals surface area contributed by atoms with Gasteiger partial charge in [-0.25, -0.2) is 8.78 Å². The summed E-state index contributed by atoms with van der Waals surface area (Å²) in [6.07, 6.45) is 0.683. The Kier molecular flexibility index (Phi) is 4.56. The molecule has 0 amide bonds. The maximum Gasteiger partial charge on any atom is 0.309 e. The Morgan fingerprint density at radius 2 is 1.58 bits per heavy atom. The van der Waals surface area contributed by atoms with Gasteiger partial charge in [0.15, 0.2) is 11.6 Å². The van der Waals surface area contributed by atoms with Crippen molar-refractivity contribution in [2.45, 2.75) is 13.3 Å². The first-order chi connectivity index (χ1) is 8.75. The van der Waals surface area contributed by atoms with Crippen molar-refractivity contribution in [3.8, 4) is 5.75 Å². The average Bonchev–Trinajstić information content (AvgIpc) is 2.33. The van der Waals surface area contributed by atoms with Crippen LogP contribution in [0.5, 0.6) is 5.75 Å². The summed E-state index contributed by atoms with van der Waals surface area (Å²) in [7, 11) is -4.32. The van der Waals surface area contributed by atoms with Gasteiger partial charge in [0.2, 0.25) is 17.4 Å². The minimum absolute atomic E-state index is 0.112. The maximum absolute atomic E-state index is 13.4. The first-order valence-corrected chi connectivity index (χ1v) is 6.73. The van der Waals surface area contributed by atoms with Gasteiger partial charge in [0.05, 0.1) is 11.3 Å². The zero-order chi connectivity index (χ0) is 14.8. The van der Waals surface area contributed by atoms with Crippen LogP contribution in [-0.2, 0) is 10.1 Å². The molecule has 0 radical (unpaired) electrons. The molecule has 1 aromatic rings. The molecule has 0 aliphatic carbocycles. The molecule has 0 aliphatic rings. The van der Waals surface area contributed by atoms with E-state index in [1.807, 2.05) is 0 Å². The monoisotopic (exact) mass is 298 g/mol. The van der Waals surface area contributed by atoms with E-state index in [9.17, 15) is 26.0 Å². The molecule has 106 valence electrons. The van der Waals surface area contributed by atoms with E-state index in [4.69, 9.17) is 0 Å². The Bertz CT molecular complexity index is 582. The normalized spacial score (nSPS) is 11.4. The molecule has 0 unspecified atom stereocenters. The van der Waals surface area contributed by atoms with E-state index in [1.165, 1.54) is 6.92 Å². The molecule has 0 aromatic heterocycles. The van der Waals surface area contributed by atoms with Crippen molar-refractivity contribution < 1.29 is 30.2 Å². The van der Waals surface area contributed by atoms with Gasteiger partial charge in [-0.3, -0.25) is 0 Å². The molecular weight excluding hydrogens is 288 g/mol. The molecule has 0 saturated heterocycles. The minimum Gasteiger partial charge on any atom is -0.376 e. The van der Waals surface area contributed by atoms with Gasteiger partial charge in [0.1, 0.15) is 0 Å². The highest BCUT2D eigenvalue weighted by atomic mass is 32.2. The molecule has 0 saturated carbocycles. The van der Waals surface area contributed by atoms with Crippen molar-refractivity contribution in [1.82, 2.24) is 0 Å². The van der Waals surface area contributed by atoms with Crippen molar-refractivity contribution in [3.63, 3.8) is 0 Å². The van der Waals surface area contributed by atoms with Crippen molar-refractivity contribution >= 4 is 16.2 Å². The lowest BCUT2D eigenvalue weighted by Gasteiger charge is -2.10. The smallest absolute Gasteiger partial charge is 0.309 e. The summed E-state index contributed by atoms with van der Waals surface area (Å²) in [5, 5.41) is 0. The third-order valence-electron chi connectivity index (χ3n) is 2.13. The van der Waals surface area contributed by atoms with Gasteiger partial charge in [0.25, 0.3) is 0 Å². The molecule has 0 N–H and O–H groups in total. The second-order valence-corrected chi connectivity index (χ2v) is 5.24. The van der Waals surface area contributed by atoms with Crippen molar-refractivity contribution in [2.75, 3.05) is 5.75 Å². The molecule has 1 aromatic carbocycles. The maximum atomic E-state index is 13.4. The van der Waals surface area contributed by atoms with Gasteiger partial charge in [0, 0.05) is 0 Å². The van der Waals surface area contributed by atoms with E-state index >= 15 is 0 Å². The average molecular weight is 298 g/mol. The highest BCUT2D eigenvalue weighted by Gasteiger charge is 2.28. The largest absolute Gasteiger partial charge is 0.376 e. The molecule has 1 rings (SSSR count). The van der Waals surface area contributed by atoms with E-state index in [0.29, 0.717) is 6.08 Å². The second-order valence-electron chi connectivity index (χ2n) is 3.55. The van der Waals surface area contributed by atoms with E-state index in [0.717, 1.165) is 0 Å². The fourth-order valence-electron chi connectivity index (χ4n) is 1.30. The van der Waals surface area contributed by atoms with Gasteiger partial charge in [-0.1, -0.05) is 19.6 Å². The topological polar surface area (TPSA) is 43.4 Å². The van der Waals surface area contributed by atoms with Crippen LogP contribution in [0.15, 0.2) is 6.58 Å². The zero-order valence-corrected chi connectivity index (χ0v) is 10.7. The van der Waals surface area contributed by atoms with Crippen LogP contribution in [-0.4, -0.2) is 14.2 Å². The Morgan fingerprint density at radius 1 is 1.11 bits per heavy atom. The fraction of sp³-hybridized carbons (Fsp3) is 0.273. The lowest BCUT2D eigenvalue weighted by molar-refractivity contribution is 0.387. The van der Waals surface area contributed by atoms with Crippen LogP contribution in [0, 0.1) is 23.3 Å². The summed E-state index contributed by atoms with van der Waals surface area (Å²) in [6, 6.07) is 0. The van der Waals surface area contributed by atoms with Gasteiger partial charge in [-0.05, 0) is 6.42 Å². The molecule has 0 spiro atoms. The molecule has 0 fully saturated rings. The fourth-order valence-corrected chi connectivity index (χ4v) is 2.28. The predicted octanol–water partition coefficient (Wildman–Crippen LogP) is 3.00. The molecular formula is C11H10F4O3S. The molecule has 0 bridgehead atoms. The zero-order valence-electron chi connectivity index (χ0n) is 9.84. The first kappa shape index (κ1) is 15.5. The number of benzene rings is 1. The van der Waals surface area contributed by atoms with Crippen LogP contribution in [0.2, 0.25) is 0 Å². The van der Waals surface area contributed by atoms with Crippen LogP contribution in [0.25, 0.3) is 6.08 Å². The summed E-state index contributed by atoms with van der Waals surface area (Å²) in [6.45, 7) is 4.48. The summed E-state index contributed by atoms with van der Waals surface area (Å²) in [5.74, 6) is -9.54. The molecule has 3 nitrogen and oxygen atoms in total. The van der Waals surface area contributed by atoms with Gasteiger partial charge >= 0.3 is 10.1 Å². The molecule has 0 atom stereocenters. The van der Waals surface area contributed by atoms with Crippen LogP contribution in [0.3, 0.4) is 0 Å². The standard InChI is InChI=1S/C11H10F4O3S/c1-3-5-19(16,17)18-11-9(14)7(12)6(4-2)8(13)10(11)15/h4H,2-3,5H2,1H3. The quantitative estimate of drug-likeness (QED) is 0.477. The van der Waals surface area contributed by atoms with E-state index in [-0.39, 0.29) is 6.42 Å². The molecule has 19 heavy (non-hydrogen) atoms. The van der Waals surface area contributed by atoms with E-state index in [1.54, 1.807) is 0 Å². The SMILES string of the molecule is C=Cc1c(F)c(F)c(OS(=O)(=O)CCC)c(F)c1F. The van der Waals surface area contributed by atoms with Crippen LogP contribution >= 0.6 is 0 Å². The Labute approximate surface area is 107 Å². The Morgan fingerprint density at radius 3 is 1.95 bits per heavy atom. The van der Waals surface area contributed by atoms with Gasteiger partial charge < -0.3 is 4.18 Å². The lowest BCUT2D eigenvalue weighted by atomic mass is 10.1. The third kappa shape index (κ3) is 3.06. The number of rotatable bonds is 5. The molecule has 8 heteroatoms. The molecule has 0 aliphatic heterocycles. The van der Waals surface area contributed by atoms with Gasteiger partial charge in [-0.15, -0.1) is 0 Å². The third-order valence-corrected chi connectivity index (χ3v) is 3.45. The van der Waals surface area contributed by atoms with Crippen LogP contribution < -0.4 is 4.18 Å². The van der Waals surface area contributed by atoms with E-state index in [2.05, 4.69) is 10.8 Å². The summed E-state index contributed by atoms with van der Waals surface area (Å²) in [5.41, 5.74) is -1.03. The number of hydrogen-bond donors (Lipinski definition) is 0. The summed E-state index contributed by atoms with van der Waals surface area (Å²) in [4.78, 5) is 0. The van der Waals surface area contributed by atoms with Crippen molar-refractivity contribution in [3.05, 3.63) is 35.4 Å². The number of hydrogen-bond acceptors (Lipinski definition) is 3. The highest BCUT2D eigenvalue weighted by Crippen LogP contribution is 2.31. The Balaban J connectivity index is 3.42. The highest BCUT2D eigenvalue weighted by molar-refractivity contribution is 7.87. The predicted molar refractivity (Wildman–Crippen MR) is 61.1 cm³/mol. The van der Waals surface area contributed by atoms with Crippen molar-refractivity contribution in [1.29, 1.82) is 0 Å². The van der Waals surface area contributed by atoms with E-state index < -0.39 is 50.5 Å². The van der Waals surface area contributed by atoms with Crippen LogP contribution in [0.1, 0.15) is 18.9 Å². The summed E-state index contributed by atoms with van der Waals surface area (Å²) < 4.78 is 80.2. The second kappa shape index (κ2) is 5.60. The molecule has 0 heterocycles. The van der Waals surface area contributed by atoms with Crippen LogP contribution in [0.4, 0.5) is 17.6 Å². The summed E-state index contributed by atoms with van der Waals surface area (Å²) >= 11 is 0. The first-order valence-electron chi connectivity index (χ1n) is 5.15. The van der Waals surface area contributed by atoms with Gasteiger partial charge in [-0.2, -0.15) is 17.2 Å².